The van der Waals surface area contributed by atoms with Crippen LogP contribution in [-0.2, 0) is 0 Å². The predicted molar refractivity (Wildman–Crippen MR) is 21.9 cm³/mol. The number of aliphatic hydroxyl groups is 1. The molecule has 1 atom stereocenters. The van der Waals surface area contributed by atoms with Gasteiger partial charge in [0.2, 0.25) is 0 Å². The van der Waals surface area contributed by atoms with Gasteiger partial charge in [-0.3, -0.25) is 0 Å². The summed E-state index contributed by atoms with van der Waals surface area (Å²) in [5.41, 5.74) is -0.644. The lowest BCUT2D eigenvalue weighted by molar-refractivity contribution is 0.276. The van der Waals surface area contributed by atoms with Gasteiger partial charge in [-0.25, -0.2) is 0 Å². The molecule has 3 heteroatoms. The van der Waals surface area contributed by atoms with Gasteiger partial charge in [0.1, 0.15) is 5.44 Å². The van der Waals surface area contributed by atoms with Gasteiger partial charge in [-0.05, 0) is 6.92 Å². The van der Waals surface area contributed by atoms with E-state index in [0.717, 1.165) is 0 Å². The van der Waals surface area contributed by atoms with Crippen LogP contribution < -0.4 is 0 Å². The first-order chi connectivity index (χ1) is 2.27. The second-order valence-electron chi connectivity index (χ2n) is 0.705. The van der Waals surface area contributed by atoms with Gasteiger partial charge >= 0.3 is 0 Å². The molecule has 0 saturated heterocycles. The van der Waals surface area contributed by atoms with Crippen LogP contribution in [0.15, 0.2) is 0 Å². The summed E-state index contributed by atoms with van der Waals surface area (Å²) in [6, 6.07) is 0. The molecule has 0 aliphatic heterocycles. The van der Waals surface area contributed by atoms with E-state index >= 15 is 0 Å². The van der Waals surface area contributed by atoms with Crippen LogP contribution in [0.5, 0.6) is 0 Å². The van der Waals surface area contributed by atoms with Crippen LogP contribution >= 0.6 is 12.0 Å². The zero-order valence-electron chi connectivity index (χ0n) is 2.88. The van der Waals surface area contributed by atoms with Crippen molar-refractivity contribution in [2.24, 2.45) is 0 Å². The summed E-state index contributed by atoms with van der Waals surface area (Å²) in [6.45, 7) is 1.49. The standard InChI is InChI=1S/C2H6O2S/c1-2(3)5-4/h2-4H,1H3. The molecular weight excluding hydrogens is 88.1 g/mol. The molecule has 5 heavy (non-hydrogen) atoms. The molecule has 1 unspecified atom stereocenters. The SMILES string of the molecule is CC(O)SO. The van der Waals surface area contributed by atoms with E-state index in [9.17, 15) is 0 Å². The highest BCUT2D eigenvalue weighted by Gasteiger charge is 1.84. The van der Waals surface area contributed by atoms with Crippen LogP contribution in [0, 0.1) is 0 Å². The minimum Gasteiger partial charge on any atom is -0.380 e. The Morgan fingerprint density at radius 2 is 2.00 bits per heavy atom. The van der Waals surface area contributed by atoms with E-state index in [1.54, 1.807) is 0 Å². The molecule has 32 valence electrons. The van der Waals surface area contributed by atoms with E-state index in [2.05, 4.69) is 0 Å². The van der Waals surface area contributed by atoms with Crippen LogP contribution in [0.25, 0.3) is 0 Å². The Kier molecular flexibility index (Phi) is 2.64. The van der Waals surface area contributed by atoms with E-state index in [4.69, 9.17) is 9.66 Å². The van der Waals surface area contributed by atoms with E-state index in [1.165, 1.54) is 6.92 Å². The molecule has 0 amide bonds. The highest BCUT2D eigenvalue weighted by Crippen LogP contribution is 1.96. The zero-order valence-corrected chi connectivity index (χ0v) is 3.70. The molecule has 0 rings (SSSR count). The van der Waals surface area contributed by atoms with Gasteiger partial charge < -0.3 is 9.66 Å². The summed E-state index contributed by atoms with van der Waals surface area (Å²) in [4.78, 5) is 0. The molecule has 0 aliphatic carbocycles. The van der Waals surface area contributed by atoms with Crippen molar-refractivity contribution in [2.75, 3.05) is 0 Å². The highest BCUT2D eigenvalue weighted by atomic mass is 32.2. The monoisotopic (exact) mass is 94.0 g/mol. The van der Waals surface area contributed by atoms with Crippen molar-refractivity contribution in [3.63, 3.8) is 0 Å². The fourth-order valence-electron chi connectivity index (χ4n) is 0. The van der Waals surface area contributed by atoms with Crippen molar-refractivity contribution < 1.29 is 9.66 Å². The molecule has 0 heterocycles. The van der Waals surface area contributed by atoms with Gasteiger partial charge in [0.15, 0.2) is 0 Å². The van der Waals surface area contributed by atoms with E-state index in [0.29, 0.717) is 12.0 Å². The molecule has 0 aromatic heterocycles. The average molecular weight is 94.1 g/mol. The maximum atomic E-state index is 8.07. The first kappa shape index (κ1) is 5.27. The molecule has 0 spiro atoms. The number of rotatable bonds is 1. The fourth-order valence-corrected chi connectivity index (χ4v) is 0. The van der Waals surface area contributed by atoms with E-state index in [-0.39, 0.29) is 0 Å². The average Bonchev–Trinajstić information content (AvgIpc) is 1.38. The third-order valence-electron chi connectivity index (χ3n) is 0.153. The van der Waals surface area contributed by atoms with Crippen LogP contribution in [0.4, 0.5) is 0 Å². The Labute approximate surface area is 35.0 Å². The second kappa shape index (κ2) is 2.50. The summed E-state index contributed by atoms with van der Waals surface area (Å²) in [7, 11) is 0. The molecule has 0 radical (unpaired) electrons. The largest absolute Gasteiger partial charge is 0.380 e. The lowest BCUT2D eigenvalue weighted by atomic mass is 10.9. The van der Waals surface area contributed by atoms with Crippen LogP contribution in [0.3, 0.4) is 0 Å². The molecule has 0 aromatic carbocycles. The van der Waals surface area contributed by atoms with Crippen LogP contribution in [0.1, 0.15) is 6.92 Å². The minimum absolute atomic E-state index is 0.435. The molecule has 2 nitrogen and oxygen atoms in total. The van der Waals surface area contributed by atoms with Crippen molar-refractivity contribution in [1.29, 1.82) is 0 Å². The van der Waals surface area contributed by atoms with Gasteiger partial charge in [0.25, 0.3) is 0 Å². The maximum absolute atomic E-state index is 8.07. The third kappa shape index (κ3) is 4.27. The van der Waals surface area contributed by atoms with Crippen LogP contribution in [0.2, 0.25) is 0 Å². The van der Waals surface area contributed by atoms with Gasteiger partial charge in [-0.1, -0.05) is 0 Å². The topological polar surface area (TPSA) is 40.5 Å². The van der Waals surface area contributed by atoms with Gasteiger partial charge in [0, 0.05) is 12.0 Å². The Morgan fingerprint density at radius 3 is 2.00 bits per heavy atom. The summed E-state index contributed by atoms with van der Waals surface area (Å²) in [6.07, 6.45) is 0. The Bertz CT molecular complexity index is 21.6. The van der Waals surface area contributed by atoms with Crippen molar-refractivity contribution >= 4 is 12.0 Å². The Hall–Kier alpha value is 0.270. The van der Waals surface area contributed by atoms with Crippen molar-refractivity contribution in [1.82, 2.24) is 0 Å². The quantitative estimate of drug-likeness (QED) is 0.368. The predicted octanol–water partition coefficient (Wildman–Crippen LogP) is 0.531. The van der Waals surface area contributed by atoms with Gasteiger partial charge in [-0.2, -0.15) is 0 Å². The molecule has 0 aromatic rings. The van der Waals surface area contributed by atoms with Crippen molar-refractivity contribution in [3.05, 3.63) is 0 Å². The Morgan fingerprint density at radius 1 is 1.80 bits per heavy atom. The number of aliphatic hydroxyl groups excluding tert-OH is 1. The number of hydrogen-bond acceptors (Lipinski definition) is 3. The molecule has 0 bridgehead atoms. The maximum Gasteiger partial charge on any atom is 0.122 e. The molecule has 0 fully saturated rings. The van der Waals surface area contributed by atoms with Crippen molar-refractivity contribution in [3.8, 4) is 0 Å². The minimum atomic E-state index is -0.644. The highest BCUT2D eigenvalue weighted by molar-refractivity contribution is 7.94. The van der Waals surface area contributed by atoms with Gasteiger partial charge in [-0.15, -0.1) is 0 Å². The summed E-state index contributed by atoms with van der Waals surface area (Å²) in [5.74, 6) is 0. The lowest BCUT2D eigenvalue weighted by Gasteiger charge is -1.88. The van der Waals surface area contributed by atoms with Crippen molar-refractivity contribution in [2.45, 2.75) is 12.4 Å². The second-order valence-corrected chi connectivity index (χ2v) is 1.60. The zero-order chi connectivity index (χ0) is 4.28. The van der Waals surface area contributed by atoms with Crippen LogP contribution in [-0.4, -0.2) is 15.1 Å². The molecular formula is C2H6O2S. The molecule has 0 saturated carbocycles. The normalized spacial score (nSPS) is 15.0. The first-order valence-corrected chi connectivity index (χ1v) is 2.09. The smallest absolute Gasteiger partial charge is 0.122 e. The number of hydrogen-bond donors (Lipinski definition) is 2. The molecule has 2 N–H and O–H groups in total. The Balaban J connectivity index is 2.54. The summed E-state index contributed by atoms with van der Waals surface area (Å²) < 4.78 is 7.81. The summed E-state index contributed by atoms with van der Waals surface area (Å²) >= 11 is 0.435. The first-order valence-electron chi connectivity index (χ1n) is 1.25. The fraction of sp³-hybridized carbons (Fsp3) is 1.00. The van der Waals surface area contributed by atoms with E-state index < -0.39 is 5.44 Å². The van der Waals surface area contributed by atoms with E-state index in [1.807, 2.05) is 0 Å². The lowest BCUT2D eigenvalue weighted by Crippen LogP contribution is -1.87. The summed E-state index contributed by atoms with van der Waals surface area (Å²) in [5, 5.41) is 8.07. The third-order valence-corrected chi connectivity index (χ3v) is 0.458. The van der Waals surface area contributed by atoms with Gasteiger partial charge in [0.05, 0.1) is 0 Å². The molecule has 0 aliphatic rings.